The van der Waals surface area contributed by atoms with Crippen molar-refractivity contribution in [3.63, 3.8) is 0 Å². The number of hydrogen-bond acceptors (Lipinski definition) is 6. The largest absolute Gasteiger partial charge is 0.484 e. The Balaban J connectivity index is 1.32. The molecule has 7 heteroatoms. The maximum Gasteiger partial charge on any atom is 0.336 e. The Morgan fingerprint density at radius 2 is 1.71 bits per heavy atom. The number of carbonyl (C=O) groups is 2. The van der Waals surface area contributed by atoms with Gasteiger partial charge in [-0.2, -0.15) is 0 Å². The number of rotatable bonds is 5. The van der Waals surface area contributed by atoms with Crippen molar-refractivity contribution in [1.82, 2.24) is 4.90 Å². The first-order valence-corrected chi connectivity index (χ1v) is 10.2. The minimum absolute atomic E-state index is 0.0469. The molecular weight excluding hydrogens is 396 g/mol. The SMILES string of the molecule is CC(=O)c1ccc(N2CCN(C(=O)COc3ccc4c(C)cc(=O)oc4c3)CC2)cc1. The van der Waals surface area contributed by atoms with Gasteiger partial charge < -0.3 is 19.0 Å². The van der Waals surface area contributed by atoms with E-state index in [1.807, 2.05) is 37.3 Å². The lowest BCUT2D eigenvalue weighted by molar-refractivity contribution is -0.133. The number of benzene rings is 2. The van der Waals surface area contributed by atoms with Gasteiger partial charge in [-0.3, -0.25) is 9.59 Å². The average Bonchev–Trinajstić information content (AvgIpc) is 2.77. The molecule has 1 aliphatic heterocycles. The smallest absolute Gasteiger partial charge is 0.336 e. The highest BCUT2D eigenvalue weighted by Crippen LogP contribution is 2.22. The molecule has 0 saturated carbocycles. The average molecular weight is 420 g/mol. The van der Waals surface area contributed by atoms with E-state index in [0.29, 0.717) is 43.1 Å². The molecular formula is C24H24N2O5. The van der Waals surface area contributed by atoms with Crippen molar-refractivity contribution in [3.05, 3.63) is 70.1 Å². The molecule has 1 aromatic heterocycles. The summed E-state index contributed by atoms with van der Waals surface area (Å²) < 4.78 is 10.9. The highest BCUT2D eigenvalue weighted by Gasteiger charge is 2.22. The fourth-order valence-electron chi connectivity index (χ4n) is 3.75. The number of Topliss-reactive ketones (excluding diaryl/α,β-unsaturated/α-hetero) is 1. The van der Waals surface area contributed by atoms with E-state index in [9.17, 15) is 14.4 Å². The molecule has 31 heavy (non-hydrogen) atoms. The molecule has 0 unspecified atom stereocenters. The number of ketones is 1. The molecule has 4 rings (SSSR count). The summed E-state index contributed by atoms with van der Waals surface area (Å²) in [6.07, 6.45) is 0. The zero-order valence-corrected chi connectivity index (χ0v) is 17.6. The third-order valence-corrected chi connectivity index (χ3v) is 5.56. The van der Waals surface area contributed by atoms with Gasteiger partial charge in [0.2, 0.25) is 0 Å². The van der Waals surface area contributed by atoms with Crippen molar-refractivity contribution in [1.29, 1.82) is 0 Å². The second-order valence-corrected chi connectivity index (χ2v) is 7.67. The fraction of sp³-hybridized carbons (Fsp3) is 0.292. The van der Waals surface area contributed by atoms with Crippen LogP contribution in [0, 0.1) is 6.92 Å². The molecule has 1 amide bonds. The summed E-state index contributed by atoms with van der Waals surface area (Å²) in [6.45, 7) is 5.95. The Hall–Kier alpha value is -3.61. The van der Waals surface area contributed by atoms with Crippen LogP contribution in [0.2, 0.25) is 0 Å². The Morgan fingerprint density at radius 3 is 2.39 bits per heavy atom. The van der Waals surface area contributed by atoms with Crippen LogP contribution in [-0.4, -0.2) is 49.4 Å². The molecule has 1 aliphatic rings. The minimum Gasteiger partial charge on any atom is -0.484 e. The second kappa shape index (κ2) is 8.63. The molecule has 3 aromatic rings. The summed E-state index contributed by atoms with van der Waals surface area (Å²) in [7, 11) is 0. The lowest BCUT2D eigenvalue weighted by atomic mass is 10.1. The second-order valence-electron chi connectivity index (χ2n) is 7.67. The van der Waals surface area contributed by atoms with Crippen LogP contribution in [0.1, 0.15) is 22.8 Å². The third-order valence-electron chi connectivity index (χ3n) is 5.56. The Labute approximate surface area is 179 Å². The maximum atomic E-state index is 12.6. The number of piperazine rings is 1. The topological polar surface area (TPSA) is 80.1 Å². The number of anilines is 1. The highest BCUT2D eigenvalue weighted by atomic mass is 16.5. The molecule has 0 N–H and O–H groups in total. The predicted molar refractivity (Wildman–Crippen MR) is 118 cm³/mol. The first kappa shape index (κ1) is 20.7. The number of hydrogen-bond donors (Lipinski definition) is 0. The van der Waals surface area contributed by atoms with Gasteiger partial charge in [-0.25, -0.2) is 4.79 Å². The molecule has 7 nitrogen and oxygen atoms in total. The normalized spacial score (nSPS) is 14.0. The van der Waals surface area contributed by atoms with Gasteiger partial charge in [-0.1, -0.05) is 0 Å². The number of ether oxygens (including phenoxy) is 1. The summed E-state index contributed by atoms with van der Waals surface area (Å²) >= 11 is 0. The third kappa shape index (κ3) is 4.60. The van der Waals surface area contributed by atoms with E-state index in [0.717, 1.165) is 16.6 Å². The maximum absolute atomic E-state index is 12.6. The molecule has 1 saturated heterocycles. The van der Waals surface area contributed by atoms with Crippen LogP contribution in [-0.2, 0) is 4.79 Å². The van der Waals surface area contributed by atoms with Crippen LogP contribution in [0.3, 0.4) is 0 Å². The molecule has 0 radical (unpaired) electrons. The monoisotopic (exact) mass is 420 g/mol. The lowest BCUT2D eigenvalue weighted by Gasteiger charge is -2.36. The summed E-state index contributed by atoms with van der Waals surface area (Å²) in [4.78, 5) is 39.6. The first-order valence-electron chi connectivity index (χ1n) is 10.2. The summed E-state index contributed by atoms with van der Waals surface area (Å²) in [6, 6.07) is 14.2. The van der Waals surface area contributed by atoms with Crippen LogP contribution in [0.25, 0.3) is 11.0 Å². The quantitative estimate of drug-likeness (QED) is 0.466. The van der Waals surface area contributed by atoms with Crippen molar-refractivity contribution in [2.24, 2.45) is 0 Å². The molecule has 2 heterocycles. The van der Waals surface area contributed by atoms with Crippen LogP contribution in [0.4, 0.5) is 5.69 Å². The number of fused-ring (bicyclic) bond motifs is 1. The molecule has 0 bridgehead atoms. The predicted octanol–water partition coefficient (Wildman–Crippen LogP) is 3.03. The van der Waals surface area contributed by atoms with Gasteiger partial charge >= 0.3 is 5.63 Å². The molecule has 160 valence electrons. The van der Waals surface area contributed by atoms with Crippen molar-refractivity contribution < 1.29 is 18.7 Å². The van der Waals surface area contributed by atoms with E-state index in [2.05, 4.69) is 4.90 Å². The van der Waals surface area contributed by atoms with E-state index in [1.54, 1.807) is 24.0 Å². The fourth-order valence-corrected chi connectivity index (χ4v) is 3.75. The molecule has 2 aromatic carbocycles. The standard InChI is InChI=1S/C24H24N2O5/c1-16-13-24(29)31-22-14-20(7-8-21(16)22)30-15-23(28)26-11-9-25(10-12-26)19-5-3-18(4-6-19)17(2)27/h3-8,13-14H,9-12,15H2,1-2H3. The Morgan fingerprint density at radius 1 is 1.00 bits per heavy atom. The van der Waals surface area contributed by atoms with Gasteiger partial charge in [0.1, 0.15) is 11.3 Å². The molecule has 1 fully saturated rings. The minimum atomic E-state index is -0.410. The van der Waals surface area contributed by atoms with E-state index < -0.39 is 5.63 Å². The van der Waals surface area contributed by atoms with Crippen molar-refractivity contribution in [3.8, 4) is 5.75 Å². The van der Waals surface area contributed by atoms with E-state index in [1.165, 1.54) is 6.07 Å². The summed E-state index contributed by atoms with van der Waals surface area (Å²) in [5.74, 6) is 0.446. The van der Waals surface area contributed by atoms with Gasteiger partial charge in [-0.15, -0.1) is 0 Å². The first-order chi connectivity index (χ1) is 14.9. The van der Waals surface area contributed by atoms with Crippen LogP contribution >= 0.6 is 0 Å². The highest BCUT2D eigenvalue weighted by molar-refractivity contribution is 5.94. The lowest BCUT2D eigenvalue weighted by Crippen LogP contribution is -2.50. The van der Waals surface area contributed by atoms with Gasteiger partial charge in [0, 0.05) is 54.9 Å². The number of aryl methyl sites for hydroxylation is 1. The molecule has 0 aliphatic carbocycles. The van der Waals surface area contributed by atoms with Crippen molar-refractivity contribution in [2.45, 2.75) is 13.8 Å². The zero-order valence-electron chi connectivity index (χ0n) is 17.6. The van der Waals surface area contributed by atoms with Crippen molar-refractivity contribution >= 4 is 28.3 Å². The van der Waals surface area contributed by atoms with Gasteiger partial charge in [0.15, 0.2) is 12.4 Å². The number of carbonyl (C=O) groups excluding carboxylic acids is 2. The summed E-state index contributed by atoms with van der Waals surface area (Å²) in [5, 5.41) is 0.839. The van der Waals surface area contributed by atoms with Gasteiger partial charge in [0.25, 0.3) is 5.91 Å². The molecule has 0 atom stereocenters. The summed E-state index contributed by atoms with van der Waals surface area (Å²) in [5.41, 5.74) is 2.60. The van der Waals surface area contributed by atoms with Gasteiger partial charge in [-0.05, 0) is 55.8 Å². The van der Waals surface area contributed by atoms with E-state index >= 15 is 0 Å². The van der Waals surface area contributed by atoms with Crippen molar-refractivity contribution in [2.75, 3.05) is 37.7 Å². The van der Waals surface area contributed by atoms with Crippen LogP contribution in [0.15, 0.2) is 57.7 Å². The van der Waals surface area contributed by atoms with Crippen LogP contribution < -0.4 is 15.3 Å². The Bertz CT molecular complexity index is 1170. The van der Waals surface area contributed by atoms with E-state index in [4.69, 9.17) is 9.15 Å². The van der Waals surface area contributed by atoms with E-state index in [-0.39, 0.29) is 18.3 Å². The number of amides is 1. The molecule has 0 spiro atoms. The van der Waals surface area contributed by atoms with Crippen LogP contribution in [0.5, 0.6) is 5.75 Å². The van der Waals surface area contributed by atoms with Gasteiger partial charge in [0.05, 0.1) is 0 Å². The Kier molecular flexibility index (Phi) is 5.75. The zero-order chi connectivity index (χ0) is 22.0. The number of nitrogens with zero attached hydrogens (tertiary/aromatic N) is 2.